The Kier molecular flexibility index (Phi) is 11.6. The Hall–Kier alpha value is -1.09. The van der Waals surface area contributed by atoms with Crippen molar-refractivity contribution in [3.05, 3.63) is 30.1 Å². The highest BCUT2D eigenvalue weighted by atomic mass is 127. The van der Waals surface area contributed by atoms with Crippen LogP contribution >= 0.6 is 24.0 Å². The zero-order valence-corrected chi connectivity index (χ0v) is 18.1. The monoisotopic (exact) mass is 479 g/mol. The second kappa shape index (κ2) is 13.1. The predicted molar refractivity (Wildman–Crippen MR) is 114 cm³/mol. The maximum atomic E-state index is 12.8. The van der Waals surface area contributed by atoms with Gasteiger partial charge in [0.1, 0.15) is 11.6 Å². The minimum Gasteiger partial charge on any atom is -0.494 e. The van der Waals surface area contributed by atoms with Gasteiger partial charge in [-0.2, -0.15) is 0 Å². The smallest absolute Gasteiger partial charge is 0.193 e. The predicted octanol–water partition coefficient (Wildman–Crippen LogP) is 3.54. The molecule has 1 unspecified atom stereocenters. The topological polar surface area (TPSA) is 46.1 Å². The number of aliphatic imine (C=N–C) groups is 1. The summed E-state index contributed by atoms with van der Waals surface area (Å²) in [5, 5.41) is 3.35. The summed E-state index contributed by atoms with van der Waals surface area (Å²) in [4.78, 5) is 6.89. The molecular weight excluding hydrogens is 448 g/mol. The first-order chi connectivity index (χ1) is 12.2. The number of hydrogen-bond acceptors (Lipinski definition) is 3. The lowest BCUT2D eigenvalue weighted by Crippen LogP contribution is -2.41. The summed E-state index contributed by atoms with van der Waals surface area (Å²) in [6.07, 6.45) is 3.00. The van der Waals surface area contributed by atoms with E-state index in [1.165, 1.54) is 12.1 Å². The molecule has 1 aromatic carbocycles. The third kappa shape index (κ3) is 8.53. The molecule has 0 bridgehead atoms. The molecule has 26 heavy (non-hydrogen) atoms. The maximum absolute atomic E-state index is 12.8. The first-order valence-electron chi connectivity index (χ1n) is 9.14. The van der Waals surface area contributed by atoms with E-state index in [0.29, 0.717) is 18.3 Å². The van der Waals surface area contributed by atoms with Crippen LogP contribution in [0.15, 0.2) is 29.3 Å². The summed E-state index contributed by atoms with van der Waals surface area (Å²) < 4.78 is 23.9. The van der Waals surface area contributed by atoms with Gasteiger partial charge in [-0.25, -0.2) is 4.39 Å². The number of guanidine groups is 1. The van der Waals surface area contributed by atoms with E-state index in [2.05, 4.69) is 24.2 Å². The van der Waals surface area contributed by atoms with Crippen molar-refractivity contribution in [3.8, 4) is 5.75 Å². The van der Waals surface area contributed by atoms with Gasteiger partial charge < -0.3 is 19.7 Å². The Morgan fingerprint density at radius 3 is 2.77 bits per heavy atom. The van der Waals surface area contributed by atoms with E-state index in [1.807, 2.05) is 0 Å². The van der Waals surface area contributed by atoms with E-state index in [-0.39, 0.29) is 29.8 Å². The van der Waals surface area contributed by atoms with Crippen molar-refractivity contribution in [2.24, 2.45) is 10.9 Å². The van der Waals surface area contributed by atoms with Gasteiger partial charge in [0, 0.05) is 39.2 Å². The average molecular weight is 479 g/mol. The van der Waals surface area contributed by atoms with Crippen LogP contribution in [0, 0.1) is 11.7 Å². The molecule has 2 rings (SSSR count). The van der Waals surface area contributed by atoms with E-state index in [9.17, 15) is 4.39 Å². The average Bonchev–Trinajstić information content (AvgIpc) is 3.11. The van der Waals surface area contributed by atoms with Crippen LogP contribution in [0.3, 0.4) is 0 Å². The Bertz CT molecular complexity index is 522. The molecule has 0 aliphatic carbocycles. The summed E-state index contributed by atoms with van der Waals surface area (Å²) >= 11 is 0. The Morgan fingerprint density at radius 1 is 1.35 bits per heavy atom. The van der Waals surface area contributed by atoms with Gasteiger partial charge in [0.2, 0.25) is 0 Å². The zero-order chi connectivity index (χ0) is 17.9. The van der Waals surface area contributed by atoms with Gasteiger partial charge in [-0.3, -0.25) is 4.99 Å². The van der Waals surface area contributed by atoms with E-state index >= 15 is 0 Å². The largest absolute Gasteiger partial charge is 0.494 e. The number of unbranched alkanes of at least 4 members (excludes halogenated alkanes) is 1. The first-order valence-corrected chi connectivity index (χ1v) is 9.14. The van der Waals surface area contributed by atoms with Gasteiger partial charge in [0.05, 0.1) is 13.2 Å². The van der Waals surface area contributed by atoms with Crippen molar-refractivity contribution in [2.45, 2.75) is 26.2 Å². The SMILES string of the molecule is CCNC(=NCCCCOc1ccc(F)cc1)N(C)CC1CCOC1.I. The molecule has 1 N–H and O–H groups in total. The number of nitrogens with zero attached hydrogens (tertiary/aromatic N) is 2. The second-order valence-electron chi connectivity index (χ2n) is 6.36. The normalized spacial score (nSPS) is 16.9. The highest BCUT2D eigenvalue weighted by Crippen LogP contribution is 2.13. The fraction of sp³-hybridized carbons (Fsp3) is 0.632. The Labute approximate surface area is 173 Å². The van der Waals surface area contributed by atoms with Crippen molar-refractivity contribution in [2.75, 3.05) is 46.5 Å². The van der Waals surface area contributed by atoms with Crippen LogP contribution in [0.4, 0.5) is 4.39 Å². The fourth-order valence-electron chi connectivity index (χ4n) is 2.79. The van der Waals surface area contributed by atoms with Gasteiger partial charge in [0.15, 0.2) is 5.96 Å². The Balaban J connectivity index is 0.00000338. The summed E-state index contributed by atoms with van der Waals surface area (Å²) in [6, 6.07) is 6.12. The molecule has 1 aromatic rings. The highest BCUT2D eigenvalue weighted by molar-refractivity contribution is 14.0. The Morgan fingerprint density at radius 2 is 2.12 bits per heavy atom. The highest BCUT2D eigenvalue weighted by Gasteiger charge is 2.18. The molecule has 1 heterocycles. The summed E-state index contributed by atoms with van der Waals surface area (Å²) in [7, 11) is 2.08. The second-order valence-corrected chi connectivity index (χ2v) is 6.36. The van der Waals surface area contributed by atoms with Crippen LogP contribution in [0.5, 0.6) is 5.75 Å². The molecule has 1 saturated heterocycles. The molecular formula is C19H31FIN3O2. The maximum Gasteiger partial charge on any atom is 0.193 e. The van der Waals surface area contributed by atoms with Gasteiger partial charge >= 0.3 is 0 Å². The van der Waals surface area contributed by atoms with E-state index in [0.717, 1.165) is 58.1 Å². The van der Waals surface area contributed by atoms with Gasteiger partial charge in [-0.15, -0.1) is 24.0 Å². The van der Waals surface area contributed by atoms with E-state index in [1.54, 1.807) is 12.1 Å². The summed E-state index contributed by atoms with van der Waals surface area (Å²) in [5.74, 6) is 2.01. The van der Waals surface area contributed by atoms with Crippen LogP contribution < -0.4 is 10.1 Å². The molecule has 0 spiro atoms. The van der Waals surface area contributed by atoms with Gasteiger partial charge in [-0.05, 0) is 50.5 Å². The lowest BCUT2D eigenvalue weighted by molar-refractivity contribution is 0.181. The number of rotatable bonds is 9. The molecule has 1 aliphatic heterocycles. The molecule has 0 radical (unpaired) electrons. The molecule has 0 saturated carbocycles. The first kappa shape index (κ1) is 23.0. The summed E-state index contributed by atoms with van der Waals surface area (Å²) in [5.41, 5.74) is 0. The van der Waals surface area contributed by atoms with E-state index in [4.69, 9.17) is 14.5 Å². The zero-order valence-electron chi connectivity index (χ0n) is 15.7. The molecule has 0 aromatic heterocycles. The third-order valence-electron chi connectivity index (χ3n) is 4.15. The molecule has 148 valence electrons. The third-order valence-corrected chi connectivity index (χ3v) is 4.15. The molecule has 1 fully saturated rings. The minimum atomic E-state index is -0.245. The number of hydrogen-bond donors (Lipinski definition) is 1. The van der Waals surface area contributed by atoms with E-state index < -0.39 is 0 Å². The van der Waals surface area contributed by atoms with Crippen LogP contribution in [-0.4, -0.2) is 57.4 Å². The van der Waals surface area contributed by atoms with Crippen molar-refractivity contribution < 1.29 is 13.9 Å². The number of halogens is 2. The lowest BCUT2D eigenvalue weighted by atomic mass is 10.1. The molecule has 0 amide bonds. The quantitative estimate of drug-likeness (QED) is 0.255. The van der Waals surface area contributed by atoms with Crippen molar-refractivity contribution in [1.29, 1.82) is 0 Å². The minimum absolute atomic E-state index is 0. The molecule has 7 heteroatoms. The van der Waals surface area contributed by atoms with Crippen LogP contribution in [-0.2, 0) is 4.74 Å². The van der Waals surface area contributed by atoms with Crippen molar-refractivity contribution >= 4 is 29.9 Å². The standard InChI is InChI=1S/C19H30FN3O2.HI/c1-3-21-19(23(2)14-16-10-13-24-15-16)22-11-4-5-12-25-18-8-6-17(20)7-9-18;/h6-9,16H,3-5,10-15H2,1-2H3,(H,21,22);1H. The summed E-state index contributed by atoms with van der Waals surface area (Å²) in [6.45, 7) is 7.02. The molecule has 1 atom stereocenters. The number of ether oxygens (including phenoxy) is 2. The van der Waals surface area contributed by atoms with Crippen LogP contribution in [0.25, 0.3) is 0 Å². The molecule has 1 aliphatic rings. The lowest BCUT2D eigenvalue weighted by Gasteiger charge is -2.24. The van der Waals surface area contributed by atoms with Gasteiger partial charge in [-0.1, -0.05) is 0 Å². The van der Waals surface area contributed by atoms with Crippen molar-refractivity contribution in [3.63, 3.8) is 0 Å². The van der Waals surface area contributed by atoms with Crippen LogP contribution in [0.1, 0.15) is 26.2 Å². The van der Waals surface area contributed by atoms with Crippen LogP contribution in [0.2, 0.25) is 0 Å². The van der Waals surface area contributed by atoms with Gasteiger partial charge in [0.25, 0.3) is 0 Å². The fourth-order valence-corrected chi connectivity index (χ4v) is 2.79. The number of nitrogens with one attached hydrogen (secondary N) is 1. The van der Waals surface area contributed by atoms with Crippen molar-refractivity contribution in [1.82, 2.24) is 10.2 Å². The molecule has 5 nitrogen and oxygen atoms in total. The number of benzene rings is 1.